The lowest BCUT2D eigenvalue weighted by Crippen LogP contribution is -2.53. The van der Waals surface area contributed by atoms with Crippen molar-refractivity contribution in [3.05, 3.63) is 54.5 Å². The number of ether oxygens (including phenoxy) is 1. The van der Waals surface area contributed by atoms with Gasteiger partial charge in [-0.15, -0.1) is 24.0 Å². The number of piperazine rings is 1. The van der Waals surface area contributed by atoms with Gasteiger partial charge in [-0.05, 0) is 30.7 Å². The normalized spacial score (nSPS) is 19.9. The molecule has 2 aliphatic heterocycles. The van der Waals surface area contributed by atoms with Crippen LogP contribution >= 0.6 is 24.0 Å². The van der Waals surface area contributed by atoms with Crippen LogP contribution in [-0.4, -0.2) is 63.3 Å². The number of anilines is 1. The third-order valence-electron chi connectivity index (χ3n) is 5.46. The molecule has 0 radical (unpaired) electrons. The Hall–Kier alpha value is -1.74. The van der Waals surface area contributed by atoms with Gasteiger partial charge < -0.3 is 24.3 Å². The second-order valence-corrected chi connectivity index (χ2v) is 7.46. The Kier molecular flexibility index (Phi) is 8.67. The number of hydrogen-bond acceptors (Lipinski definition) is 4. The number of rotatable bonds is 6. The summed E-state index contributed by atoms with van der Waals surface area (Å²) in [4.78, 5) is 9.78. The topological polar surface area (TPSA) is 53.2 Å². The largest absolute Gasteiger partial charge is 0.469 e. The molecule has 2 aromatic rings. The molecular formula is C22H31IN4O2. The Bertz CT molecular complexity index is 725. The highest BCUT2D eigenvalue weighted by Gasteiger charge is 2.21. The van der Waals surface area contributed by atoms with E-state index in [9.17, 15) is 0 Å². The maximum atomic E-state index is 5.51. The zero-order valence-corrected chi connectivity index (χ0v) is 19.2. The maximum Gasteiger partial charge on any atom is 0.194 e. The van der Waals surface area contributed by atoms with Gasteiger partial charge in [0.05, 0.1) is 12.9 Å². The zero-order chi connectivity index (χ0) is 19.0. The molecule has 6 nitrogen and oxygen atoms in total. The molecule has 1 N–H and O–H groups in total. The lowest BCUT2D eigenvalue weighted by atomic mass is 10.1. The molecule has 1 aromatic carbocycles. The fraction of sp³-hybridized carbons (Fsp3) is 0.500. The van der Waals surface area contributed by atoms with Crippen molar-refractivity contribution in [2.45, 2.75) is 12.8 Å². The molecule has 0 bridgehead atoms. The summed E-state index contributed by atoms with van der Waals surface area (Å²) >= 11 is 0. The number of benzene rings is 1. The van der Waals surface area contributed by atoms with Crippen LogP contribution in [0.5, 0.6) is 0 Å². The monoisotopic (exact) mass is 510 g/mol. The van der Waals surface area contributed by atoms with Crippen LogP contribution in [0.3, 0.4) is 0 Å². The SMILES string of the molecule is I.c1ccc(N2CCN(C(=NCC3CCOC3)NCCc3ccco3)CC2)cc1. The molecule has 7 heteroatoms. The van der Waals surface area contributed by atoms with E-state index in [2.05, 4.69) is 45.4 Å². The van der Waals surface area contributed by atoms with Crippen molar-refractivity contribution < 1.29 is 9.15 Å². The van der Waals surface area contributed by atoms with Crippen LogP contribution in [0.4, 0.5) is 5.69 Å². The van der Waals surface area contributed by atoms with Gasteiger partial charge in [-0.3, -0.25) is 4.99 Å². The van der Waals surface area contributed by atoms with Crippen molar-refractivity contribution in [3.8, 4) is 0 Å². The maximum absolute atomic E-state index is 5.51. The van der Waals surface area contributed by atoms with Crippen LogP contribution in [0, 0.1) is 5.92 Å². The number of nitrogens with one attached hydrogen (secondary N) is 1. The molecule has 1 atom stereocenters. The molecule has 3 heterocycles. The number of hydrogen-bond donors (Lipinski definition) is 1. The highest BCUT2D eigenvalue weighted by atomic mass is 127. The molecule has 29 heavy (non-hydrogen) atoms. The summed E-state index contributed by atoms with van der Waals surface area (Å²) in [6.07, 6.45) is 3.71. The summed E-state index contributed by atoms with van der Waals surface area (Å²) in [6, 6.07) is 14.6. The Balaban J connectivity index is 0.00000240. The summed E-state index contributed by atoms with van der Waals surface area (Å²) in [5, 5.41) is 3.56. The molecule has 1 aromatic heterocycles. The van der Waals surface area contributed by atoms with Crippen molar-refractivity contribution >= 4 is 35.6 Å². The Morgan fingerprint density at radius 2 is 1.90 bits per heavy atom. The molecule has 0 aliphatic carbocycles. The van der Waals surface area contributed by atoms with Crippen LogP contribution in [0.2, 0.25) is 0 Å². The number of para-hydroxylation sites is 1. The molecule has 0 spiro atoms. The van der Waals surface area contributed by atoms with Gasteiger partial charge in [0.25, 0.3) is 0 Å². The fourth-order valence-corrected chi connectivity index (χ4v) is 3.78. The van der Waals surface area contributed by atoms with Gasteiger partial charge in [0.2, 0.25) is 0 Å². The summed E-state index contributed by atoms with van der Waals surface area (Å²) in [7, 11) is 0. The van der Waals surface area contributed by atoms with Gasteiger partial charge in [0.1, 0.15) is 5.76 Å². The lowest BCUT2D eigenvalue weighted by Gasteiger charge is -2.38. The number of guanidine groups is 1. The summed E-state index contributed by atoms with van der Waals surface area (Å²) < 4.78 is 11.0. The molecule has 0 saturated carbocycles. The van der Waals surface area contributed by atoms with Gasteiger partial charge >= 0.3 is 0 Å². The third-order valence-corrected chi connectivity index (χ3v) is 5.46. The van der Waals surface area contributed by atoms with E-state index in [4.69, 9.17) is 14.1 Å². The minimum absolute atomic E-state index is 0. The van der Waals surface area contributed by atoms with Gasteiger partial charge in [-0.2, -0.15) is 0 Å². The molecule has 158 valence electrons. The van der Waals surface area contributed by atoms with Crippen LogP contribution in [0.1, 0.15) is 12.2 Å². The number of aliphatic imine (C=N–C) groups is 1. The predicted octanol–water partition coefficient (Wildman–Crippen LogP) is 3.24. The van der Waals surface area contributed by atoms with Gasteiger partial charge in [0.15, 0.2) is 5.96 Å². The average molecular weight is 510 g/mol. The van der Waals surface area contributed by atoms with E-state index in [-0.39, 0.29) is 24.0 Å². The van der Waals surface area contributed by atoms with E-state index >= 15 is 0 Å². The first-order chi connectivity index (χ1) is 13.9. The molecule has 1 unspecified atom stereocenters. The predicted molar refractivity (Wildman–Crippen MR) is 127 cm³/mol. The minimum atomic E-state index is 0. The van der Waals surface area contributed by atoms with Gasteiger partial charge in [0, 0.05) is 63.9 Å². The molecule has 4 rings (SSSR count). The summed E-state index contributed by atoms with van der Waals surface area (Å²) in [6.45, 7) is 7.34. The lowest BCUT2D eigenvalue weighted by molar-refractivity contribution is 0.187. The zero-order valence-electron chi connectivity index (χ0n) is 16.8. The summed E-state index contributed by atoms with van der Waals surface area (Å²) in [5.41, 5.74) is 1.30. The van der Waals surface area contributed by atoms with Crippen LogP contribution in [-0.2, 0) is 11.2 Å². The van der Waals surface area contributed by atoms with E-state index in [0.29, 0.717) is 5.92 Å². The first kappa shape index (κ1) is 22.0. The third kappa shape index (κ3) is 6.37. The number of nitrogens with zero attached hydrogens (tertiary/aromatic N) is 3. The molecular weight excluding hydrogens is 479 g/mol. The van der Waals surface area contributed by atoms with Gasteiger partial charge in [-0.25, -0.2) is 0 Å². The fourth-order valence-electron chi connectivity index (χ4n) is 3.78. The smallest absolute Gasteiger partial charge is 0.194 e. The second kappa shape index (κ2) is 11.4. The molecule has 0 amide bonds. The van der Waals surface area contributed by atoms with Crippen molar-refractivity contribution in [2.75, 3.05) is 57.4 Å². The van der Waals surface area contributed by atoms with Crippen molar-refractivity contribution in [2.24, 2.45) is 10.9 Å². The van der Waals surface area contributed by atoms with Crippen LogP contribution in [0.15, 0.2) is 58.1 Å². The first-order valence-electron chi connectivity index (χ1n) is 10.3. The molecule has 2 aliphatic rings. The highest BCUT2D eigenvalue weighted by Crippen LogP contribution is 2.16. The highest BCUT2D eigenvalue weighted by molar-refractivity contribution is 14.0. The van der Waals surface area contributed by atoms with E-state index < -0.39 is 0 Å². The summed E-state index contributed by atoms with van der Waals surface area (Å²) in [5.74, 6) is 2.57. The van der Waals surface area contributed by atoms with E-state index in [0.717, 1.165) is 77.0 Å². The van der Waals surface area contributed by atoms with Crippen LogP contribution < -0.4 is 10.2 Å². The first-order valence-corrected chi connectivity index (χ1v) is 10.3. The quantitative estimate of drug-likeness (QED) is 0.368. The van der Waals surface area contributed by atoms with Gasteiger partial charge in [-0.1, -0.05) is 18.2 Å². The average Bonchev–Trinajstić information content (AvgIpc) is 3.46. The minimum Gasteiger partial charge on any atom is -0.469 e. The number of halogens is 1. The Morgan fingerprint density at radius 1 is 1.07 bits per heavy atom. The number of furan rings is 1. The van der Waals surface area contributed by atoms with E-state index in [1.807, 2.05) is 12.1 Å². The van der Waals surface area contributed by atoms with E-state index in [1.54, 1.807) is 6.26 Å². The Morgan fingerprint density at radius 3 is 2.59 bits per heavy atom. The van der Waals surface area contributed by atoms with Crippen molar-refractivity contribution in [1.82, 2.24) is 10.2 Å². The Labute approximate surface area is 190 Å². The van der Waals surface area contributed by atoms with Crippen LogP contribution in [0.25, 0.3) is 0 Å². The van der Waals surface area contributed by atoms with Crippen molar-refractivity contribution in [3.63, 3.8) is 0 Å². The van der Waals surface area contributed by atoms with Crippen molar-refractivity contribution in [1.29, 1.82) is 0 Å². The molecule has 2 saturated heterocycles. The van der Waals surface area contributed by atoms with E-state index in [1.165, 1.54) is 5.69 Å². The molecule has 2 fully saturated rings. The second-order valence-electron chi connectivity index (χ2n) is 7.46. The standard InChI is InChI=1S/C22H30N4O2.HI/c1-2-5-20(6-3-1)25-11-13-26(14-12-25)22(24-17-19-9-16-27-18-19)23-10-8-21-7-4-15-28-21;/h1-7,15,19H,8-14,16-18H2,(H,23,24);1H.